The molecular weight excluding hydrogens is 183 g/mol. The van der Waals surface area contributed by atoms with Gasteiger partial charge in [-0.25, -0.2) is 0 Å². The van der Waals surface area contributed by atoms with E-state index in [0.717, 1.165) is 11.3 Å². The molecule has 1 aliphatic carbocycles. The molecule has 1 nitrogen and oxygen atoms in total. The van der Waals surface area contributed by atoms with Crippen LogP contribution in [0.25, 0.3) is 0 Å². The highest BCUT2D eigenvalue weighted by molar-refractivity contribution is 7.81. The van der Waals surface area contributed by atoms with Crippen LogP contribution < -0.4 is 0 Å². The quantitative estimate of drug-likeness (QED) is 0.578. The molecule has 2 rings (SSSR count). The van der Waals surface area contributed by atoms with Crippen LogP contribution in [-0.4, -0.2) is 10.6 Å². The van der Waals surface area contributed by atoms with Crippen molar-refractivity contribution >= 4 is 34.2 Å². The lowest BCUT2D eigenvalue weighted by Crippen LogP contribution is -1.90. The molecule has 1 aliphatic rings. The predicted molar refractivity (Wildman–Crippen MR) is 44.9 cm³/mol. The van der Waals surface area contributed by atoms with E-state index in [9.17, 15) is 9.18 Å². The van der Waals surface area contributed by atoms with E-state index in [0.29, 0.717) is 15.3 Å². The molecule has 1 aromatic rings. The molecule has 0 aliphatic heterocycles. The van der Waals surface area contributed by atoms with Crippen molar-refractivity contribution < 1.29 is 9.18 Å². The summed E-state index contributed by atoms with van der Waals surface area (Å²) in [5, 5.41) is -0.328. The zero-order valence-electron chi connectivity index (χ0n) is 5.39. The van der Waals surface area contributed by atoms with Gasteiger partial charge >= 0.3 is 0 Å². The lowest BCUT2D eigenvalue weighted by Gasteiger charge is -1.83. The van der Waals surface area contributed by atoms with Gasteiger partial charge in [0.15, 0.2) is 10.9 Å². The molecule has 0 fully saturated rings. The van der Waals surface area contributed by atoms with Gasteiger partial charge in [0.05, 0.1) is 4.88 Å². The number of ketones is 1. The zero-order chi connectivity index (χ0) is 8.01. The molecule has 0 atom stereocenters. The Morgan fingerprint density at radius 2 is 2.36 bits per heavy atom. The van der Waals surface area contributed by atoms with Gasteiger partial charge in [-0.1, -0.05) is 12.2 Å². The summed E-state index contributed by atoms with van der Waals surface area (Å²) in [5.74, 6) is -0.0427. The number of Topliss-reactive ketones (excluding diaryl/α,β-unsaturated/α-hetero) is 1. The van der Waals surface area contributed by atoms with Gasteiger partial charge in [0.1, 0.15) is 0 Å². The molecule has 1 heterocycles. The number of thiophene rings is 1. The molecule has 0 radical (unpaired) electrons. The van der Waals surface area contributed by atoms with Gasteiger partial charge in [-0.3, -0.25) is 4.79 Å². The van der Waals surface area contributed by atoms with Crippen molar-refractivity contribution in [3.63, 3.8) is 0 Å². The van der Waals surface area contributed by atoms with Gasteiger partial charge in [-0.05, 0) is 6.07 Å². The van der Waals surface area contributed by atoms with Crippen LogP contribution in [-0.2, 0) is 0 Å². The molecule has 4 heteroatoms. The summed E-state index contributed by atoms with van der Waals surface area (Å²) in [7, 11) is 0. The summed E-state index contributed by atoms with van der Waals surface area (Å²) in [6.45, 7) is 0. The van der Waals surface area contributed by atoms with Gasteiger partial charge < -0.3 is 0 Å². The van der Waals surface area contributed by atoms with E-state index < -0.39 is 0 Å². The highest BCUT2D eigenvalue weighted by Gasteiger charge is 2.27. The smallest absolute Gasteiger partial charge is 0.178 e. The van der Waals surface area contributed by atoms with Crippen LogP contribution in [0.4, 0.5) is 4.39 Å². The Bertz CT molecular complexity index is 322. The Kier molecular flexibility index (Phi) is 1.40. The summed E-state index contributed by atoms with van der Waals surface area (Å²) in [6.07, 6.45) is 0.288. The highest BCUT2D eigenvalue weighted by Crippen LogP contribution is 2.29. The van der Waals surface area contributed by atoms with E-state index in [1.54, 1.807) is 0 Å². The monoisotopic (exact) mass is 186 g/mol. The molecule has 56 valence electrons. The lowest BCUT2D eigenvalue weighted by atomic mass is 10.3. The normalized spacial score (nSPS) is 15.7. The number of halogens is 1. The van der Waals surface area contributed by atoms with E-state index >= 15 is 0 Å². The number of fused-ring (bicyclic) bond motifs is 1. The number of thiocarbonyl (C=S) groups is 1. The first-order valence-corrected chi connectivity index (χ1v) is 4.26. The molecule has 0 aromatic carbocycles. The van der Waals surface area contributed by atoms with Crippen LogP contribution in [0.3, 0.4) is 0 Å². The Morgan fingerprint density at radius 1 is 1.64 bits per heavy atom. The minimum Gasteiger partial charge on any atom is -0.293 e. The largest absolute Gasteiger partial charge is 0.293 e. The summed E-state index contributed by atoms with van der Waals surface area (Å²) >= 11 is 5.77. The molecule has 0 unspecified atom stereocenters. The van der Waals surface area contributed by atoms with Crippen LogP contribution in [0, 0.1) is 5.13 Å². The second kappa shape index (κ2) is 2.19. The van der Waals surface area contributed by atoms with E-state index in [1.807, 2.05) is 0 Å². The lowest BCUT2D eigenvalue weighted by molar-refractivity contribution is 0.101. The second-order valence-electron chi connectivity index (χ2n) is 2.32. The molecule has 0 saturated heterocycles. The van der Waals surface area contributed by atoms with Crippen LogP contribution in [0.5, 0.6) is 0 Å². The molecular formula is C7H3FOS2. The molecule has 11 heavy (non-hydrogen) atoms. The molecule has 0 N–H and O–H groups in total. The highest BCUT2D eigenvalue weighted by atomic mass is 32.1. The van der Waals surface area contributed by atoms with Gasteiger partial charge in [0.25, 0.3) is 0 Å². The number of carbonyl (C=O) groups excluding carboxylic acids is 1. The van der Waals surface area contributed by atoms with E-state index in [-0.39, 0.29) is 17.3 Å². The second-order valence-corrected chi connectivity index (χ2v) is 3.81. The maximum absolute atomic E-state index is 12.6. The fraction of sp³-hybridized carbons (Fsp3) is 0.143. The van der Waals surface area contributed by atoms with Crippen molar-refractivity contribution in [2.45, 2.75) is 6.42 Å². The third-order valence-corrected chi connectivity index (χ3v) is 2.91. The Labute approximate surface area is 71.8 Å². The van der Waals surface area contributed by atoms with Gasteiger partial charge in [-0.2, -0.15) is 4.39 Å². The summed E-state index contributed by atoms with van der Waals surface area (Å²) in [4.78, 5) is 12.1. The number of carbonyl (C=O) groups is 1. The van der Waals surface area contributed by atoms with Crippen LogP contribution >= 0.6 is 23.6 Å². The van der Waals surface area contributed by atoms with E-state index in [4.69, 9.17) is 12.2 Å². The Hall–Kier alpha value is -0.610. The molecule has 0 saturated carbocycles. The standard InChI is InChI=1S/C7H3FOS2/c8-6-1-3-5(10)2-4(9)7(3)11-6/h1H,2H2. The minimum absolute atomic E-state index is 0.0427. The van der Waals surface area contributed by atoms with Crippen molar-refractivity contribution in [1.82, 2.24) is 0 Å². The summed E-state index contributed by atoms with van der Waals surface area (Å²) in [6, 6.07) is 1.34. The number of rotatable bonds is 0. The van der Waals surface area contributed by atoms with Gasteiger partial charge in [-0.15, -0.1) is 11.3 Å². The van der Waals surface area contributed by atoms with Crippen LogP contribution in [0.2, 0.25) is 0 Å². The first kappa shape index (κ1) is 7.06. The number of hydrogen-bond donors (Lipinski definition) is 0. The molecule has 0 amide bonds. The molecule has 0 bridgehead atoms. The third-order valence-electron chi connectivity index (χ3n) is 1.58. The first-order valence-electron chi connectivity index (χ1n) is 3.04. The predicted octanol–water partition coefficient (Wildman–Crippen LogP) is 2.19. The zero-order valence-corrected chi connectivity index (χ0v) is 7.02. The average molecular weight is 186 g/mol. The van der Waals surface area contributed by atoms with Gasteiger partial charge in [0, 0.05) is 16.8 Å². The fourth-order valence-corrected chi connectivity index (χ4v) is 2.30. The van der Waals surface area contributed by atoms with Crippen molar-refractivity contribution in [2.75, 3.05) is 0 Å². The Morgan fingerprint density at radius 3 is 3.00 bits per heavy atom. The molecule has 1 aromatic heterocycles. The van der Waals surface area contributed by atoms with Crippen molar-refractivity contribution in [3.05, 3.63) is 21.6 Å². The fourth-order valence-electron chi connectivity index (χ4n) is 1.10. The van der Waals surface area contributed by atoms with Gasteiger partial charge in [0.2, 0.25) is 0 Å². The summed E-state index contributed by atoms with van der Waals surface area (Å²) in [5.41, 5.74) is 0.632. The molecule has 0 spiro atoms. The maximum Gasteiger partial charge on any atom is 0.178 e. The third kappa shape index (κ3) is 0.937. The topological polar surface area (TPSA) is 17.1 Å². The van der Waals surface area contributed by atoms with Crippen molar-refractivity contribution in [3.8, 4) is 0 Å². The van der Waals surface area contributed by atoms with Crippen LogP contribution in [0.1, 0.15) is 21.7 Å². The van der Waals surface area contributed by atoms with Crippen molar-refractivity contribution in [2.24, 2.45) is 0 Å². The maximum atomic E-state index is 12.6. The summed E-state index contributed by atoms with van der Waals surface area (Å²) < 4.78 is 12.6. The van der Waals surface area contributed by atoms with Crippen molar-refractivity contribution in [1.29, 1.82) is 0 Å². The van der Waals surface area contributed by atoms with E-state index in [1.165, 1.54) is 6.07 Å². The Balaban J connectivity index is 2.67. The average Bonchev–Trinajstić information content (AvgIpc) is 2.38. The van der Waals surface area contributed by atoms with E-state index in [2.05, 4.69) is 0 Å². The SMILES string of the molecule is O=C1CC(=S)c2cc(F)sc21. The number of hydrogen-bond acceptors (Lipinski definition) is 3. The first-order chi connectivity index (χ1) is 5.18. The van der Waals surface area contributed by atoms with Crippen LogP contribution in [0.15, 0.2) is 6.07 Å². The minimum atomic E-state index is -0.328.